The summed E-state index contributed by atoms with van der Waals surface area (Å²) in [6.07, 6.45) is 1.63. The molecule has 0 aliphatic heterocycles. The minimum absolute atomic E-state index is 0.114. The first kappa shape index (κ1) is 22.6. The van der Waals surface area contributed by atoms with Gasteiger partial charge in [-0.05, 0) is 37.6 Å². The second-order valence-corrected chi connectivity index (χ2v) is 7.61. The average molecular weight is 429 g/mol. The maximum atomic E-state index is 12.5. The van der Waals surface area contributed by atoms with E-state index in [0.29, 0.717) is 21.8 Å². The lowest BCUT2D eigenvalue weighted by atomic mass is 10.2. The molecule has 0 bridgehead atoms. The summed E-state index contributed by atoms with van der Waals surface area (Å²) in [4.78, 5) is 45.8. The molecule has 30 heavy (non-hydrogen) atoms. The Labute approximate surface area is 176 Å². The molecule has 0 saturated heterocycles. The molecule has 10 heteroatoms. The number of carboxylic acid groups (broad SMARTS) is 1. The summed E-state index contributed by atoms with van der Waals surface area (Å²) < 4.78 is 0. The molecule has 0 radical (unpaired) electrons. The second-order valence-electron chi connectivity index (χ2n) is 6.19. The van der Waals surface area contributed by atoms with Crippen LogP contribution in [0, 0.1) is 17.0 Å². The van der Waals surface area contributed by atoms with Crippen molar-refractivity contribution in [1.82, 2.24) is 0 Å². The summed E-state index contributed by atoms with van der Waals surface area (Å²) in [5.41, 5.74) is 1.40. The number of aliphatic carboxylic acids is 1. The van der Waals surface area contributed by atoms with Gasteiger partial charge in [-0.1, -0.05) is 12.1 Å². The van der Waals surface area contributed by atoms with Crippen LogP contribution in [-0.2, 0) is 14.4 Å². The summed E-state index contributed by atoms with van der Waals surface area (Å²) in [5.74, 6) is -2.15. The molecule has 2 aromatic carbocycles. The normalized spacial score (nSPS) is 11.7. The van der Waals surface area contributed by atoms with E-state index in [9.17, 15) is 24.5 Å². The zero-order valence-electron chi connectivity index (χ0n) is 16.1. The van der Waals surface area contributed by atoms with E-state index in [-0.39, 0.29) is 11.6 Å². The van der Waals surface area contributed by atoms with E-state index in [2.05, 4.69) is 10.6 Å². The number of rotatable bonds is 8. The second kappa shape index (κ2) is 10.2. The molecular weight excluding hydrogens is 410 g/mol. The number of anilines is 2. The van der Waals surface area contributed by atoms with E-state index in [4.69, 9.17) is 5.11 Å². The Morgan fingerprint density at radius 3 is 2.53 bits per heavy atom. The summed E-state index contributed by atoms with van der Waals surface area (Å²) in [6.45, 7) is 3.43. The van der Waals surface area contributed by atoms with E-state index in [1.54, 1.807) is 44.2 Å². The van der Waals surface area contributed by atoms with Crippen LogP contribution in [0.2, 0.25) is 0 Å². The van der Waals surface area contributed by atoms with Crippen LogP contribution in [0.4, 0.5) is 17.1 Å². The molecule has 2 amide bonds. The third-order valence-corrected chi connectivity index (χ3v) is 4.94. The number of nitrogens with zero attached hydrogens (tertiary/aromatic N) is 1. The van der Waals surface area contributed by atoms with Crippen LogP contribution in [0.5, 0.6) is 0 Å². The van der Waals surface area contributed by atoms with Gasteiger partial charge in [-0.15, -0.1) is 11.8 Å². The highest BCUT2D eigenvalue weighted by atomic mass is 32.2. The van der Waals surface area contributed by atoms with Crippen LogP contribution in [0.3, 0.4) is 0 Å². The molecule has 0 saturated carbocycles. The fourth-order valence-corrected chi connectivity index (χ4v) is 3.25. The molecule has 156 valence electrons. The molecule has 0 fully saturated rings. The molecule has 1 atom stereocenters. The van der Waals surface area contributed by atoms with E-state index >= 15 is 0 Å². The first-order chi connectivity index (χ1) is 14.2. The highest BCUT2D eigenvalue weighted by Gasteiger charge is 2.17. The van der Waals surface area contributed by atoms with Gasteiger partial charge in [0.05, 0.1) is 15.9 Å². The van der Waals surface area contributed by atoms with Crippen molar-refractivity contribution >= 4 is 46.6 Å². The number of carbonyl (C=O) groups excluding carboxylic acids is 2. The van der Waals surface area contributed by atoms with E-state index in [0.717, 1.165) is 12.2 Å². The van der Waals surface area contributed by atoms with Gasteiger partial charge in [0.1, 0.15) is 0 Å². The Hall–Kier alpha value is -3.66. The number of thioether (sulfide) groups is 1. The van der Waals surface area contributed by atoms with Gasteiger partial charge in [-0.3, -0.25) is 19.7 Å². The number of aryl methyl sites for hydroxylation is 1. The standard InChI is InChI=1S/C20H19N3O6S/c1-12-6-7-15(23(28)29)11-17(12)22-20(27)13(2)30-16-5-3-4-14(10-16)21-18(24)8-9-19(25)26/h3-11,13H,1-2H3,(H,21,24)(H,22,27)(H,25,26)/b9-8+. The average Bonchev–Trinajstić information content (AvgIpc) is 2.68. The van der Waals surface area contributed by atoms with Crippen molar-refractivity contribution < 1.29 is 24.4 Å². The molecular formula is C20H19N3O6S. The van der Waals surface area contributed by atoms with Gasteiger partial charge < -0.3 is 15.7 Å². The topological polar surface area (TPSA) is 139 Å². The highest BCUT2D eigenvalue weighted by molar-refractivity contribution is 8.00. The lowest BCUT2D eigenvalue weighted by molar-refractivity contribution is -0.384. The number of non-ortho nitro benzene ring substituents is 1. The van der Waals surface area contributed by atoms with Crippen LogP contribution in [-0.4, -0.2) is 33.1 Å². The first-order valence-electron chi connectivity index (χ1n) is 8.70. The van der Waals surface area contributed by atoms with Crippen LogP contribution >= 0.6 is 11.8 Å². The lowest BCUT2D eigenvalue weighted by Gasteiger charge is -2.14. The number of nitro benzene ring substituents is 1. The van der Waals surface area contributed by atoms with Gasteiger partial charge >= 0.3 is 5.97 Å². The minimum atomic E-state index is -1.23. The number of hydrogen-bond acceptors (Lipinski definition) is 6. The molecule has 0 aliphatic rings. The van der Waals surface area contributed by atoms with Crippen molar-refractivity contribution in [3.63, 3.8) is 0 Å². The highest BCUT2D eigenvalue weighted by Crippen LogP contribution is 2.28. The van der Waals surface area contributed by atoms with Crippen LogP contribution < -0.4 is 10.6 Å². The van der Waals surface area contributed by atoms with Crippen molar-refractivity contribution in [3.8, 4) is 0 Å². The number of carbonyl (C=O) groups is 3. The maximum Gasteiger partial charge on any atom is 0.328 e. The van der Waals surface area contributed by atoms with Crippen molar-refractivity contribution in [2.75, 3.05) is 10.6 Å². The van der Waals surface area contributed by atoms with Crippen molar-refractivity contribution in [3.05, 3.63) is 70.3 Å². The quantitative estimate of drug-likeness (QED) is 0.252. The Kier molecular flexibility index (Phi) is 7.70. The zero-order chi connectivity index (χ0) is 22.3. The Bertz CT molecular complexity index is 1020. The molecule has 3 N–H and O–H groups in total. The fraction of sp³-hybridized carbons (Fsp3) is 0.150. The lowest BCUT2D eigenvalue weighted by Crippen LogP contribution is -2.22. The van der Waals surface area contributed by atoms with E-state index in [1.165, 1.54) is 23.9 Å². The first-order valence-corrected chi connectivity index (χ1v) is 9.58. The predicted octanol–water partition coefficient (Wildman–Crippen LogP) is 3.60. The largest absolute Gasteiger partial charge is 0.478 e. The van der Waals surface area contributed by atoms with Crippen LogP contribution in [0.15, 0.2) is 59.5 Å². The van der Waals surface area contributed by atoms with E-state index in [1.807, 2.05) is 0 Å². The molecule has 0 heterocycles. The smallest absolute Gasteiger partial charge is 0.328 e. The maximum absolute atomic E-state index is 12.5. The van der Waals surface area contributed by atoms with Crippen molar-refractivity contribution in [2.45, 2.75) is 24.0 Å². The van der Waals surface area contributed by atoms with Crippen LogP contribution in [0.25, 0.3) is 0 Å². The predicted molar refractivity (Wildman–Crippen MR) is 114 cm³/mol. The molecule has 0 aromatic heterocycles. The van der Waals surface area contributed by atoms with Gasteiger partial charge in [0, 0.05) is 34.9 Å². The number of nitrogens with one attached hydrogen (secondary N) is 2. The number of amides is 2. The minimum Gasteiger partial charge on any atom is -0.478 e. The Morgan fingerprint density at radius 2 is 1.87 bits per heavy atom. The number of carboxylic acids is 1. The van der Waals surface area contributed by atoms with Gasteiger partial charge in [0.15, 0.2) is 0 Å². The monoisotopic (exact) mass is 429 g/mol. The third kappa shape index (κ3) is 6.74. The summed E-state index contributed by atoms with van der Waals surface area (Å²) in [6, 6.07) is 11.0. The molecule has 2 aromatic rings. The molecule has 9 nitrogen and oxygen atoms in total. The Morgan fingerprint density at radius 1 is 1.13 bits per heavy atom. The van der Waals surface area contributed by atoms with Gasteiger partial charge in [-0.2, -0.15) is 0 Å². The third-order valence-electron chi connectivity index (χ3n) is 3.85. The summed E-state index contributed by atoms with van der Waals surface area (Å²) >= 11 is 1.24. The molecule has 1 unspecified atom stereocenters. The van der Waals surface area contributed by atoms with Gasteiger partial charge in [0.2, 0.25) is 11.8 Å². The van der Waals surface area contributed by atoms with Gasteiger partial charge in [-0.25, -0.2) is 4.79 Å². The van der Waals surface area contributed by atoms with Gasteiger partial charge in [0.25, 0.3) is 5.69 Å². The Balaban J connectivity index is 2.04. The number of benzene rings is 2. The number of nitro groups is 1. The summed E-state index contributed by atoms with van der Waals surface area (Å²) in [7, 11) is 0. The molecule has 0 aliphatic carbocycles. The van der Waals surface area contributed by atoms with Crippen molar-refractivity contribution in [1.29, 1.82) is 0 Å². The SMILES string of the molecule is Cc1ccc([N+](=O)[O-])cc1NC(=O)C(C)Sc1cccc(NC(=O)/C=C/C(=O)O)c1. The zero-order valence-corrected chi connectivity index (χ0v) is 16.9. The van der Waals surface area contributed by atoms with Crippen LogP contribution in [0.1, 0.15) is 12.5 Å². The molecule has 2 rings (SSSR count). The fourth-order valence-electron chi connectivity index (χ4n) is 2.33. The molecule has 0 spiro atoms. The number of hydrogen-bond donors (Lipinski definition) is 3. The summed E-state index contributed by atoms with van der Waals surface area (Å²) in [5, 5.41) is 24.2. The van der Waals surface area contributed by atoms with E-state index < -0.39 is 22.0 Å². The van der Waals surface area contributed by atoms with Crippen molar-refractivity contribution in [2.24, 2.45) is 0 Å².